The molecular formula is C10H10N4O2. The van der Waals surface area contributed by atoms with Crippen LogP contribution >= 0.6 is 0 Å². The van der Waals surface area contributed by atoms with Crippen molar-refractivity contribution in [2.45, 2.75) is 18.8 Å². The highest BCUT2D eigenvalue weighted by Crippen LogP contribution is 2.40. The number of rotatable bonds is 3. The largest absolute Gasteiger partial charge is 0.360 e. The molecular weight excluding hydrogens is 208 g/mol. The second-order valence-corrected chi connectivity index (χ2v) is 3.81. The highest BCUT2D eigenvalue weighted by atomic mass is 16.5. The van der Waals surface area contributed by atoms with Gasteiger partial charge < -0.3 is 9.84 Å². The van der Waals surface area contributed by atoms with E-state index in [0.717, 1.165) is 18.6 Å². The van der Waals surface area contributed by atoms with Crippen LogP contribution in [0.15, 0.2) is 22.9 Å². The Morgan fingerprint density at radius 1 is 1.56 bits per heavy atom. The second-order valence-electron chi connectivity index (χ2n) is 3.81. The smallest absolute Gasteiger partial charge is 0.278 e. The molecule has 0 bridgehead atoms. The summed E-state index contributed by atoms with van der Waals surface area (Å²) in [6.07, 6.45) is 3.81. The number of amides is 1. The Bertz CT molecular complexity index is 499. The molecule has 2 heterocycles. The molecule has 2 aromatic heterocycles. The van der Waals surface area contributed by atoms with Gasteiger partial charge in [0.1, 0.15) is 11.6 Å². The lowest BCUT2D eigenvalue weighted by Crippen LogP contribution is -2.12. The van der Waals surface area contributed by atoms with Crippen LogP contribution in [0.3, 0.4) is 0 Å². The summed E-state index contributed by atoms with van der Waals surface area (Å²) in [6, 6.07) is 3.36. The summed E-state index contributed by atoms with van der Waals surface area (Å²) >= 11 is 0. The molecule has 2 N–H and O–H groups in total. The van der Waals surface area contributed by atoms with E-state index in [1.807, 2.05) is 0 Å². The maximum Gasteiger partial charge on any atom is 0.278 e. The molecule has 1 amide bonds. The number of hydrogen-bond donors (Lipinski definition) is 2. The molecule has 2 aromatic rings. The number of anilines is 1. The van der Waals surface area contributed by atoms with Crippen molar-refractivity contribution in [2.24, 2.45) is 0 Å². The first-order valence-electron chi connectivity index (χ1n) is 5.10. The van der Waals surface area contributed by atoms with Gasteiger partial charge in [0.25, 0.3) is 5.91 Å². The number of carbonyl (C=O) groups is 1. The summed E-state index contributed by atoms with van der Waals surface area (Å²) in [5, 5.41) is 12.7. The topological polar surface area (TPSA) is 83.8 Å². The number of aromatic nitrogens is 3. The van der Waals surface area contributed by atoms with Crippen LogP contribution < -0.4 is 5.32 Å². The van der Waals surface area contributed by atoms with Crippen molar-refractivity contribution in [1.82, 2.24) is 15.4 Å². The molecule has 0 atom stereocenters. The molecule has 0 aromatic carbocycles. The summed E-state index contributed by atoms with van der Waals surface area (Å²) in [5.74, 6) is 1.51. The third-order valence-electron chi connectivity index (χ3n) is 2.49. The first-order chi connectivity index (χ1) is 7.83. The van der Waals surface area contributed by atoms with Crippen molar-refractivity contribution in [3.05, 3.63) is 29.8 Å². The standard InChI is InChI=1S/C10H10N4O2/c15-10(12-9-3-4-11-13-9)7-5-8(16-14-7)6-1-2-6/h3-6H,1-2H2,(H2,11,12,13,15). The van der Waals surface area contributed by atoms with Crippen molar-refractivity contribution in [2.75, 3.05) is 5.32 Å². The Balaban J connectivity index is 1.73. The molecule has 0 saturated heterocycles. The predicted molar refractivity (Wildman–Crippen MR) is 55.0 cm³/mol. The van der Waals surface area contributed by atoms with Gasteiger partial charge in [0.05, 0.1) is 6.20 Å². The molecule has 0 spiro atoms. The van der Waals surface area contributed by atoms with Gasteiger partial charge in [-0.3, -0.25) is 9.89 Å². The lowest BCUT2D eigenvalue weighted by atomic mass is 10.3. The first-order valence-corrected chi connectivity index (χ1v) is 5.10. The van der Waals surface area contributed by atoms with Gasteiger partial charge in [-0.2, -0.15) is 5.10 Å². The van der Waals surface area contributed by atoms with Crippen LogP contribution in [0.5, 0.6) is 0 Å². The third-order valence-corrected chi connectivity index (χ3v) is 2.49. The number of aromatic amines is 1. The fraction of sp³-hybridized carbons (Fsp3) is 0.300. The van der Waals surface area contributed by atoms with Gasteiger partial charge in [-0.1, -0.05) is 5.16 Å². The Labute approximate surface area is 91.0 Å². The number of H-pyrrole nitrogens is 1. The van der Waals surface area contributed by atoms with Crippen LogP contribution in [0.1, 0.15) is 35.0 Å². The third kappa shape index (κ3) is 1.69. The number of carbonyl (C=O) groups excluding carboxylic acids is 1. The quantitative estimate of drug-likeness (QED) is 0.818. The molecule has 1 saturated carbocycles. The maximum atomic E-state index is 11.7. The molecule has 82 valence electrons. The van der Waals surface area contributed by atoms with Gasteiger partial charge in [0, 0.05) is 18.1 Å². The van der Waals surface area contributed by atoms with E-state index in [1.165, 1.54) is 0 Å². The Morgan fingerprint density at radius 2 is 2.44 bits per heavy atom. The summed E-state index contributed by atoms with van der Waals surface area (Å²) in [4.78, 5) is 11.7. The lowest BCUT2D eigenvalue weighted by Gasteiger charge is -1.96. The number of nitrogens with zero attached hydrogens (tertiary/aromatic N) is 2. The molecule has 1 aliphatic carbocycles. The van der Waals surface area contributed by atoms with E-state index in [2.05, 4.69) is 20.7 Å². The molecule has 3 rings (SSSR count). The molecule has 1 aliphatic rings. The Hall–Kier alpha value is -2.11. The minimum absolute atomic E-state index is 0.292. The van der Waals surface area contributed by atoms with Gasteiger partial charge in [0.2, 0.25) is 0 Å². The summed E-state index contributed by atoms with van der Waals surface area (Å²) in [7, 11) is 0. The lowest BCUT2D eigenvalue weighted by molar-refractivity contribution is 0.101. The van der Waals surface area contributed by atoms with Crippen molar-refractivity contribution < 1.29 is 9.32 Å². The van der Waals surface area contributed by atoms with E-state index in [9.17, 15) is 4.79 Å². The fourth-order valence-corrected chi connectivity index (χ4v) is 1.47. The monoisotopic (exact) mass is 218 g/mol. The van der Waals surface area contributed by atoms with Crippen LogP contribution in [0.2, 0.25) is 0 Å². The summed E-state index contributed by atoms with van der Waals surface area (Å²) < 4.78 is 5.09. The van der Waals surface area contributed by atoms with Gasteiger partial charge in [-0.15, -0.1) is 0 Å². The highest BCUT2D eigenvalue weighted by Gasteiger charge is 2.28. The zero-order valence-electron chi connectivity index (χ0n) is 8.43. The van der Waals surface area contributed by atoms with Crippen molar-refractivity contribution in [3.8, 4) is 0 Å². The van der Waals surface area contributed by atoms with Crippen molar-refractivity contribution in [3.63, 3.8) is 0 Å². The zero-order chi connectivity index (χ0) is 11.0. The Morgan fingerprint density at radius 3 is 3.12 bits per heavy atom. The van der Waals surface area contributed by atoms with Crippen LogP contribution in [0.4, 0.5) is 5.82 Å². The molecule has 6 nitrogen and oxygen atoms in total. The van der Waals surface area contributed by atoms with Gasteiger partial charge >= 0.3 is 0 Å². The summed E-state index contributed by atoms with van der Waals surface area (Å²) in [5.41, 5.74) is 0.302. The van der Waals surface area contributed by atoms with E-state index < -0.39 is 0 Å². The zero-order valence-corrected chi connectivity index (χ0v) is 8.43. The van der Waals surface area contributed by atoms with E-state index in [-0.39, 0.29) is 5.91 Å². The van der Waals surface area contributed by atoms with Crippen LogP contribution in [-0.2, 0) is 0 Å². The first kappa shape index (κ1) is 9.14. The molecule has 0 unspecified atom stereocenters. The minimum Gasteiger partial charge on any atom is -0.360 e. The normalized spacial score (nSPS) is 15.0. The average Bonchev–Trinajstić information content (AvgIpc) is 2.82. The van der Waals surface area contributed by atoms with Crippen molar-refractivity contribution >= 4 is 11.7 Å². The Kier molecular flexibility index (Phi) is 1.99. The van der Waals surface area contributed by atoms with Crippen molar-refractivity contribution in [1.29, 1.82) is 0 Å². The molecule has 6 heteroatoms. The average molecular weight is 218 g/mol. The number of hydrogen-bond acceptors (Lipinski definition) is 4. The van der Waals surface area contributed by atoms with Crippen LogP contribution in [0.25, 0.3) is 0 Å². The van der Waals surface area contributed by atoms with Gasteiger partial charge in [-0.05, 0) is 12.8 Å². The predicted octanol–water partition coefficient (Wildman–Crippen LogP) is 1.53. The SMILES string of the molecule is O=C(Nc1ccn[nH]1)c1cc(C2CC2)on1. The van der Waals surface area contributed by atoms with E-state index in [1.54, 1.807) is 18.3 Å². The molecule has 1 fully saturated rings. The van der Waals surface area contributed by atoms with E-state index in [0.29, 0.717) is 17.4 Å². The summed E-state index contributed by atoms with van der Waals surface area (Å²) in [6.45, 7) is 0. The van der Waals surface area contributed by atoms with Crippen LogP contribution in [-0.4, -0.2) is 21.3 Å². The molecule has 0 aliphatic heterocycles. The van der Waals surface area contributed by atoms with Gasteiger partial charge in [-0.25, -0.2) is 0 Å². The maximum absolute atomic E-state index is 11.7. The van der Waals surface area contributed by atoms with Gasteiger partial charge in [0.15, 0.2) is 5.69 Å². The number of nitrogens with one attached hydrogen (secondary N) is 2. The van der Waals surface area contributed by atoms with Crippen LogP contribution in [0, 0.1) is 0 Å². The second kappa shape index (κ2) is 3.48. The fourth-order valence-electron chi connectivity index (χ4n) is 1.47. The molecule has 16 heavy (non-hydrogen) atoms. The highest BCUT2D eigenvalue weighted by molar-refractivity contribution is 6.02. The van der Waals surface area contributed by atoms with E-state index in [4.69, 9.17) is 4.52 Å². The minimum atomic E-state index is -0.292. The van der Waals surface area contributed by atoms with E-state index >= 15 is 0 Å². The molecule has 0 radical (unpaired) electrons.